The lowest BCUT2D eigenvalue weighted by Crippen LogP contribution is -2.40. The van der Waals surface area contributed by atoms with Crippen molar-refractivity contribution in [2.45, 2.75) is 32.7 Å². The highest BCUT2D eigenvalue weighted by Gasteiger charge is 2.18. The molecule has 0 saturated heterocycles. The summed E-state index contributed by atoms with van der Waals surface area (Å²) in [6.07, 6.45) is 1.23. The van der Waals surface area contributed by atoms with Gasteiger partial charge in [-0.2, -0.15) is 0 Å². The van der Waals surface area contributed by atoms with Crippen LogP contribution in [-0.2, 0) is 16.0 Å². The van der Waals surface area contributed by atoms with E-state index >= 15 is 0 Å². The normalized spacial score (nSPS) is 11.0. The summed E-state index contributed by atoms with van der Waals surface area (Å²) < 4.78 is 32.2. The zero-order valence-electron chi connectivity index (χ0n) is 18.3. The smallest absolute Gasteiger partial charge is 0.412 e. The maximum absolute atomic E-state index is 13.6. The van der Waals surface area contributed by atoms with E-state index in [1.54, 1.807) is 29.2 Å². The minimum Gasteiger partial charge on any atom is -0.447 e. The van der Waals surface area contributed by atoms with Gasteiger partial charge in [-0.25, -0.2) is 18.6 Å². The number of nitrogens with one attached hydrogen (secondary N) is 1. The van der Waals surface area contributed by atoms with E-state index in [0.29, 0.717) is 17.4 Å². The fourth-order valence-electron chi connectivity index (χ4n) is 3.36. The number of fused-ring (bicyclic) bond motifs is 1. The Kier molecular flexibility index (Phi) is 8.16. The number of ether oxygens (including phenoxy) is 1. The van der Waals surface area contributed by atoms with Crippen LogP contribution in [0.4, 0.5) is 19.4 Å². The van der Waals surface area contributed by atoms with E-state index in [9.17, 15) is 18.4 Å². The van der Waals surface area contributed by atoms with Crippen molar-refractivity contribution in [1.29, 1.82) is 0 Å². The molecule has 3 rings (SSSR count). The highest BCUT2D eigenvalue weighted by molar-refractivity contribution is 6.31. The fraction of sp³-hybridized carbons (Fsp3) is 0.292. The molecule has 0 spiro atoms. The van der Waals surface area contributed by atoms with E-state index in [1.165, 1.54) is 24.4 Å². The van der Waals surface area contributed by atoms with E-state index in [0.717, 1.165) is 5.39 Å². The Balaban J connectivity index is 1.50. The number of nitrogens with zero attached hydrogens (tertiary/aromatic N) is 2. The predicted molar refractivity (Wildman–Crippen MR) is 123 cm³/mol. The van der Waals surface area contributed by atoms with Crippen molar-refractivity contribution in [1.82, 2.24) is 9.88 Å². The number of benzene rings is 2. The number of hydrogen-bond acceptors (Lipinski definition) is 4. The van der Waals surface area contributed by atoms with Gasteiger partial charge >= 0.3 is 6.09 Å². The van der Waals surface area contributed by atoms with Crippen molar-refractivity contribution in [3.05, 3.63) is 70.9 Å². The number of hydrogen-bond donors (Lipinski definition) is 1. The monoisotopic (exact) mass is 475 g/mol. The minimum atomic E-state index is -0.735. The lowest BCUT2D eigenvalue weighted by Gasteiger charge is -2.26. The van der Waals surface area contributed by atoms with Crippen LogP contribution >= 0.6 is 11.6 Å². The van der Waals surface area contributed by atoms with Gasteiger partial charge in [-0.3, -0.25) is 10.1 Å². The van der Waals surface area contributed by atoms with E-state index in [1.807, 2.05) is 13.8 Å². The summed E-state index contributed by atoms with van der Waals surface area (Å²) in [5.74, 6) is -0.845. The van der Waals surface area contributed by atoms with Crippen molar-refractivity contribution in [3.63, 3.8) is 0 Å². The van der Waals surface area contributed by atoms with Gasteiger partial charge < -0.3 is 9.64 Å². The van der Waals surface area contributed by atoms with Gasteiger partial charge in [0.1, 0.15) is 24.1 Å². The summed E-state index contributed by atoms with van der Waals surface area (Å²) in [6.45, 7) is 3.87. The van der Waals surface area contributed by atoms with E-state index in [2.05, 4.69) is 10.3 Å². The van der Waals surface area contributed by atoms with Gasteiger partial charge in [0.25, 0.3) is 0 Å². The number of anilines is 1. The van der Waals surface area contributed by atoms with Crippen molar-refractivity contribution < 1.29 is 23.1 Å². The van der Waals surface area contributed by atoms with Crippen LogP contribution in [0.5, 0.6) is 0 Å². The standard InChI is InChI=1S/C24H24ClF2N3O3/c1-15(2)30(22(31)9-7-16-4-3-5-20(27)23(16)25)10-11-33-24(32)29-21-13-18-12-19(26)8-6-17(18)14-28-21/h3-6,8,12-15H,7,9-11H2,1-2H3,(H,28,29,32). The summed E-state index contributed by atoms with van der Waals surface area (Å²) in [4.78, 5) is 30.5. The molecule has 0 aliphatic rings. The molecule has 0 bridgehead atoms. The Hall–Kier alpha value is -3.26. The van der Waals surface area contributed by atoms with Gasteiger partial charge in [-0.05, 0) is 61.5 Å². The van der Waals surface area contributed by atoms with Gasteiger partial charge in [0.15, 0.2) is 0 Å². The van der Waals surface area contributed by atoms with E-state index < -0.39 is 11.9 Å². The first-order valence-corrected chi connectivity index (χ1v) is 10.8. The van der Waals surface area contributed by atoms with Crippen LogP contribution in [0.2, 0.25) is 5.02 Å². The first-order chi connectivity index (χ1) is 15.7. The highest BCUT2D eigenvalue weighted by Crippen LogP contribution is 2.21. The van der Waals surface area contributed by atoms with Gasteiger partial charge in [0.05, 0.1) is 11.6 Å². The maximum atomic E-state index is 13.6. The second-order valence-electron chi connectivity index (χ2n) is 7.72. The van der Waals surface area contributed by atoms with Gasteiger partial charge in [-0.15, -0.1) is 0 Å². The quantitative estimate of drug-likeness (QED) is 0.461. The van der Waals surface area contributed by atoms with Crippen molar-refractivity contribution in [3.8, 4) is 0 Å². The van der Waals surface area contributed by atoms with Gasteiger partial charge in [0.2, 0.25) is 5.91 Å². The largest absolute Gasteiger partial charge is 0.447 e. The van der Waals surface area contributed by atoms with E-state index in [-0.39, 0.29) is 48.2 Å². The number of pyridine rings is 1. The second-order valence-corrected chi connectivity index (χ2v) is 8.09. The Morgan fingerprint density at radius 3 is 2.70 bits per heavy atom. The highest BCUT2D eigenvalue weighted by atomic mass is 35.5. The van der Waals surface area contributed by atoms with Crippen molar-refractivity contribution >= 4 is 40.2 Å². The Morgan fingerprint density at radius 2 is 1.94 bits per heavy atom. The molecule has 2 amide bonds. The van der Waals surface area contributed by atoms with Crippen LogP contribution in [0, 0.1) is 11.6 Å². The number of carbonyl (C=O) groups is 2. The number of aromatic nitrogens is 1. The predicted octanol–water partition coefficient (Wildman–Crippen LogP) is 5.58. The summed E-state index contributed by atoms with van der Waals surface area (Å²) in [6, 6.07) is 10.2. The Bertz CT molecular complexity index is 1160. The molecule has 2 aromatic carbocycles. The summed E-state index contributed by atoms with van der Waals surface area (Å²) in [5.41, 5.74) is 0.562. The number of halogens is 3. The lowest BCUT2D eigenvalue weighted by atomic mass is 10.1. The number of carbonyl (C=O) groups excluding carboxylic acids is 2. The number of rotatable bonds is 8. The molecular weight excluding hydrogens is 452 g/mol. The molecule has 0 aliphatic heterocycles. The SMILES string of the molecule is CC(C)N(CCOC(=O)Nc1cc2cc(F)ccc2cn1)C(=O)CCc1cccc(F)c1Cl. The van der Waals surface area contributed by atoms with Gasteiger partial charge in [0, 0.05) is 24.0 Å². The van der Waals surface area contributed by atoms with Crippen LogP contribution in [0.1, 0.15) is 25.8 Å². The molecule has 0 fully saturated rings. The third-order valence-corrected chi connectivity index (χ3v) is 5.49. The molecule has 3 aromatic rings. The van der Waals surface area contributed by atoms with Crippen LogP contribution in [0.25, 0.3) is 10.8 Å². The molecule has 174 valence electrons. The molecule has 0 radical (unpaired) electrons. The molecule has 1 heterocycles. The molecule has 0 atom stereocenters. The van der Waals surface area contributed by atoms with Crippen LogP contribution in [0.3, 0.4) is 0 Å². The molecule has 0 saturated carbocycles. The molecule has 1 aromatic heterocycles. The summed E-state index contributed by atoms with van der Waals surface area (Å²) >= 11 is 5.96. The zero-order valence-corrected chi connectivity index (χ0v) is 19.0. The Morgan fingerprint density at radius 1 is 1.15 bits per heavy atom. The molecular formula is C24H24ClF2N3O3. The third kappa shape index (κ3) is 6.61. The minimum absolute atomic E-state index is 0.0199. The van der Waals surface area contributed by atoms with Crippen LogP contribution in [0.15, 0.2) is 48.7 Å². The van der Waals surface area contributed by atoms with Crippen LogP contribution in [-0.4, -0.2) is 41.1 Å². The maximum Gasteiger partial charge on any atom is 0.412 e. The number of amides is 2. The van der Waals surface area contributed by atoms with Crippen molar-refractivity contribution in [2.24, 2.45) is 0 Å². The summed E-state index contributed by atoms with van der Waals surface area (Å²) in [5, 5.41) is 3.85. The lowest BCUT2D eigenvalue weighted by molar-refractivity contribution is -0.133. The topological polar surface area (TPSA) is 71.5 Å². The molecule has 0 aliphatic carbocycles. The fourth-order valence-corrected chi connectivity index (χ4v) is 3.58. The Labute approximate surface area is 195 Å². The first kappa shape index (κ1) is 24.4. The third-order valence-electron chi connectivity index (χ3n) is 5.06. The molecule has 33 heavy (non-hydrogen) atoms. The summed E-state index contributed by atoms with van der Waals surface area (Å²) in [7, 11) is 0. The second kappa shape index (κ2) is 11.0. The average Bonchev–Trinajstić information content (AvgIpc) is 2.77. The molecule has 9 heteroatoms. The zero-order chi connectivity index (χ0) is 24.0. The molecule has 1 N–H and O–H groups in total. The van der Waals surface area contributed by atoms with Crippen molar-refractivity contribution in [2.75, 3.05) is 18.5 Å². The van der Waals surface area contributed by atoms with Crippen LogP contribution < -0.4 is 5.32 Å². The molecule has 6 nitrogen and oxygen atoms in total. The average molecular weight is 476 g/mol. The first-order valence-electron chi connectivity index (χ1n) is 10.5. The molecule has 0 unspecified atom stereocenters. The number of aryl methyl sites for hydroxylation is 1. The van der Waals surface area contributed by atoms with Gasteiger partial charge in [-0.1, -0.05) is 23.7 Å². The van der Waals surface area contributed by atoms with E-state index in [4.69, 9.17) is 16.3 Å².